The van der Waals surface area contributed by atoms with E-state index in [0.29, 0.717) is 22.3 Å². The van der Waals surface area contributed by atoms with Gasteiger partial charge in [0, 0.05) is 22.2 Å². The summed E-state index contributed by atoms with van der Waals surface area (Å²) in [5.74, 6) is -0.422. The highest BCUT2D eigenvalue weighted by atomic mass is 16.5. The van der Waals surface area contributed by atoms with Crippen LogP contribution < -0.4 is 0 Å². The number of carbonyl (C=O) groups is 2. The van der Waals surface area contributed by atoms with E-state index in [1.165, 1.54) is 0 Å². The number of carbonyl (C=O) groups excluding carboxylic acids is 2. The van der Waals surface area contributed by atoms with Gasteiger partial charge in [-0.05, 0) is 19.1 Å². The molecule has 114 valence electrons. The van der Waals surface area contributed by atoms with Crippen LogP contribution in [0.2, 0.25) is 0 Å². The van der Waals surface area contributed by atoms with Crippen LogP contribution in [0, 0.1) is 0 Å². The molecule has 2 aromatic heterocycles. The Morgan fingerprint density at radius 1 is 1.13 bits per heavy atom. The summed E-state index contributed by atoms with van der Waals surface area (Å²) in [5.41, 5.74) is 2.00. The van der Waals surface area contributed by atoms with E-state index in [-0.39, 0.29) is 12.4 Å². The zero-order valence-corrected chi connectivity index (χ0v) is 12.3. The lowest BCUT2D eigenvalue weighted by atomic mass is 10.1. The van der Waals surface area contributed by atoms with Crippen molar-refractivity contribution in [3.05, 3.63) is 47.7 Å². The van der Waals surface area contributed by atoms with E-state index < -0.39 is 5.97 Å². The van der Waals surface area contributed by atoms with Gasteiger partial charge in [0.15, 0.2) is 6.29 Å². The Morgan fingerprint density at radius 3 is 2.74 bits per heavy atom. The molecule has 4 rings (SSSR count). The van der Waals surface area contributed by atoms with Gasteiger partial charge in [0.1, 0.15) is 16.7 Å². The number of hydrogen-bond donors (Lipinski definition) is 0. The van der Waals surface area contributed by atoms with E-state index in [4.69, 9.17) is 13.6 Å². The summed E-state index contributed by atoms with van der Waals surface area (Å²) in [4.78, 5) is 23.3. The van der Waals surface area contributed by atoms with Crippen LogP contribution in [0.4, 0.5) is 0 Å². The van der Waals surface area contributed by atoms with Crippen LogP contribution >= 0.6 is 0 Å². The van der Waals surface area contributed by atoms with E-state index in [0.717, 1.165) is 22.4 Å². The molecule has 0 saturated heterocycles. The quantitative estimate of drug-likeness (QED) is 0.416. The van der Waals surface area contributed by atoms with E-state index >= 15 is 0 Å². The maximum atomic E-state index is 11.9. The highest BCUT2D eigenvalue weighted by Crippen LogP contribution is 2.37. The zero-order valence-electron chi connectivity index (χ0n) is 12.3. The molecule has 0 amide bonds. The van der Waals surface area contributed by atoms with Crippen molar-refractivity contribution in [3.8, 4) is 0 Å². The number of fused-ring (bicyclic) bond motifs is 5. The van der Waals surface area contributed by atoms with Crippen LogP contribution in [-0.4, -0.2) is 18.9 Å². The van der Waals surface area contributed by atoms with Gasteiger partial charge in [0.05, 0.1) is 12.2 Å². The molecular weight excluding hydrogens is 296 g/mol. The fourth-order valence-electron chi connectivity index (χ4n) is 2.82. The van der Waals surface area contributed by atoms with Gasteiger partial charge >= 0.3 is 5.97 Å². The summed E-state index contributed by atoms with van der Waals surface area (Å²) in [6.45, 7) is 1.99. The first-order valence-electron chi connectivity index (χ1n) is 7.23. The molecule has 0 spiro atoms. The number of furan rings is 2. The number of benzene rings is 2. The first-order valence-corrected chi connectivity index (χ1v) is 7.23. The number of ether oxygens (including phenoxy) is 1. The van der Waals surface area contributed by atoms with Gasteiger partial charge in [-0.3, -0.25) is 4.79 Å². The SMILES string of the molecule is CCOC(=O)c1cc2c(cc(C=O)c3oc4ccccc4c32)o1. The lowest BCUT2D eigenvalue weighted by Crippen LogP contribution is -2.02. The molecule has 0 fully saturated rings. The Bertz CT molecular complexity index is 1070. The number of para-hydroxylation sites is 1. The third-order valence-corrected chi connectivity index (χ3v) is 3.78. The summed E-state index contributed by atoms with van der Waals surface area (Å²) in [7, 11) is 0. The lowest BCUT2D eigenvalue weighted by molar-refractivity contribution is 0.0492. The first-order chi connectivity index (χ1) is 11.2. The van der Waals surface area contributed by atoms with Crippen LogP contribution in [0.3, 0.4) is 0 Å². The van der Waals surface area contributed by atoms with Crippen molar-refractivity contribution < 1.29 is 23.2 Å². The Morgan fingerprint density at radius 2 is 1.96 bits per heavy atom. The molecule has 2 heterocycles. The van der Waals surface area contributed by atoms with Crippen molar-refractivity contribution in [1.82, 2.24) is 0 Å². The van der Waals surface area contributed by atoms with Crippen molar-refractivity contribution in [1.29, 1.82) is 0 Å². The van der Waals surface area contributed by atoms with Crippen LogP contribution in [0.15, 0.2) is 45.2 Å². The number of hydrogen-bond acceptors (Lipinski definition) is 5. The standard InChI is InChI=1S/C18H12O5/c1-2-21-18(20)15-8-12-14(22-15)7-10(9-19)17-16(12)11-5-3-4-6-13(11)23-17/h3-9H,2H2,1H3. The molecule has 0 aliphatic heterocycles. The molecule has 0 radical (unpaired) electrons. The van der Waals surface area contributed by atoms with E-state index in [9.17, 15) is 9.59 Å². The average molecular weight is 308 g/mol. The maximum Gasteiger partial charge on any atom is 0.374 e. The fourth-order valence-corrected chi connectivity index (χ4v) is 2.82. The lowest BCUT2D eigenvalue weighted by Gasteiger charge is -1.96. The van der Waals surface area contributed by atoms with Gasteiger partial charge in [0.2, 0.25) is 5.76 Å². The van der Waals surface area contributed by atoms with Crippen molar-refractivity contribution >= 4 is 45.2 Å². The monoisotopic (exact) mass is 308 g/mol. The first kappa shape index (κ1) is 13.6. The van der Waals surface area contributed by atoms with Gasteiger partial charge in [-0.25, -0.2) is 4.79 Å². The highest BCUT2D eigenvalue weighted by molar-refractivity contribution is 6.22. The molecule has 0 aliphatic rings. The summed E-state index contributed by atoms with van der Waals surface area (Å²) < 4.78 is 16.4. The Hall–Kier alpha value is -3.08. The normalized spacial score (nSPS) is 11.3. The maximum absolute atomic E-state index is 11.9. The molecule has 0 bridgehead atoms. The minimum absolute atomic E-state index is 0.108. The summed E-state index contributed by atoms with van der Waals surface area (Å²) in [6, 6.07) is 10.7. The van der Waals surface area contributed by atoms with Crippen molar-refractivity contribution in [2.75, 3.05) is 6.61 Å². The molecule has 2 aromatic carbocycles. The van der Waals surface area contributed by atoms with Crippen LogP contribution in [-0.2, 0) is 4.74 Å². The number of rotatable bonds is 3. The summed E-state index contributed by atoms with van der Waals surface area (Å²) >= 11 is 0. The molecule has 0 atom stereocenters. The Labute approximate surface area is 130 Å². The third-order valence-electron chi connectivity index (χ3n) is 3.78. The highest BCUT2D eigenvalue weighted by Gasteiger charge is 2.20. The van der Waals surface area contributed by atoms with Crippen molar-refractivity contribution in [3.63, 3.8) is 0 Å². The van der Waals surface area contributed by atoms with Gasteiger partial charge in [-0.1, -0.05) is 18.2 Å². The number of esters is 1. The molecule has 0 saturated carbocycles. The van der Waals surface area contributed by atoms with Crippen molar-refractivity contribution in [2.24, 2.45) is 0 Å². The number of aldehydes is 1. The van der Waals surface area contributed by atoms with Crippen molar-refractivity contribution in [2.45, 2.75) is 6.92 Å². The molecular formula is C18H12O5. The second kappa shape index (κ2) is 4.98. The van der Waals surface area contributed by atoms with E-state index in [1.807, 2.05) is 24.3 Å². The smallest absolute Gasteiger partial charge is 0.374 e. The largest absolute Gasteiger partial charge is 0.460 e. The van der Waals surface area contributed by atoms with Crippen LogP contribution in [0.1, 0.15) is 27.8 Å². The average Bonchev–Trinajstić information content (AvgIpc) is 3.15. The molecule has 5 heteroatoms. The van der Waals surface area contributed by atoms with E-state index in [2.05, 4.69) is 0 Å². The topological polar surface area (TPSA) is 69.7 Å². The second-order valence-corrected chi connectivity index (χ2v) is 5.13. The molecule has 4 aromatic rings. The van der Waals surface area contributed by atoms with Gasteiger partial charge in [-0.15, -0.1) is 0 Å². The fraction of sp³-hybridized carbons (Fsp3) is 0.111. The Balaban J connectivity index is 2.13. The summed E-state index contributed by atoms with van der Waals surface area (Å²) in [5, 5.41) is 2.35. The van der Waals surface area contributed by atoms with Gasteiger partial charge in [0.25, 0.3) is 0 Å². The van der Waals surface area contributed by atoms with Gasteiger partial charge in [-0.2, -0.15) is 0 Å². The van der Waals surface area contributed by atoms with Crippen LogP contribution in [0.25, 0.3) is 32.9 Å². The second-order valence-electron chi connectivity index (χ2n) is 5.13. The Kier molecular flexibility index (Phi) is 2.94. The minimum Gasteiger partial charge on any atom is -0.460 e. The molecule has 23 heavy (non-hydrogen) atoms. The summed E-state index contributed by atoms with van der Waals surface area (Å²) in [6.07, 6.45) is 0.719. The molecule has 0 unspecified atom stereocenters. The zero-order chi connectivity index (χ0) is 16.0. The molecule has 5 nitrogen and oxygen atoms in total. The van der Waals surface area contributed by atoms with Gasteiger partial charge < -0.3 is 13.6 Å². The third kappa shape index (κ3) is 1.93. The van der Waals surface area contributed by atoms with Crippen LogP contribution in [0.5, 0.6) is 0 Å². The molecule has 0 N–H and O–H groups in total. The minimum atomic E-state index is -0.530. The predicted octanol–water partition coefficient (Wildman–Crippen LogP) is 4.32. The van der Waals surface area contributed by atoms with E-state index in [1.54, 1.807) is 19.1 Å². The molecule has 0 aliphatic carbocycles. The predicted molar refractivity (Wildman–Crippen MR) is 84.8 cm³/mol.